The van der Waals surface area contributed by atoms with E-state index in [-0.39, 0.29) is 11.9 Å². The van der Waals surface area contributed by atoms with Gasteiger partial charge in [-0.1, -0.05) is 36.4 Å². The minimum atomic E-state index is -4.40. The molecule has 0 unspecified atom stereocenters. The molecule has 9 heteroatoms. The molecule has 0 bridgehead atoms. The highest BCUT2D eigenvalue weighted by Crippen LogP contribution is 2.35. The van der Waals surface area contributed by atoms with Gasteiger partial charge in [0.2, 0.25) is 0 Å². The maximum Gasteiger partial charge on any atom is 0.416 e. The number of piperidine rings is 1. The summed E-state index contributed by atoms with van der Waals surface area (Å²) in [6.07, 6.45) is -0.642. The van der Waals surface area contributed by atoms with Crippen molar-refractivity contribution < 1.29 is 27.4 Å². The lowest BCUT2D eigenvalue weighted by atomic mass is 9.97. The Morgan fingerprint density at radius 2 is 1.52 bits per heavy atom. The van der Waals surface area contributed by atoms with Gasteiger partial charge in [-0.05, 0) is 87.5 Å². The molecule has 1 fully saturated rings. The zero-order chi connectivity index (χ0) is 30.0. The number of nitrogens with zero attached hydrogens (tertiary/aromatic N) is 1. The number of carbonyl (C=O) groups is 1. The number of amides is 1. The third-order valence-corrected chi connectivity index (χ3v) is 7.41. The van der Waals surface area contributed by atoms with Gasteiger partial charge in [-0.15, -0.1) is 0 Å². The van der Waals surface area contributed by atoms with Crippen LogP contribution in [-0.4, -0.2) is 56.2 Å². The molecular formula is C33H40F3N3O3. The maximum absolute atomic E-state index is 13.2. The monoisotopic (exact) mass is 583 g/mol. The third kappa shape index (κ3) is 8.41. The first-order valence-electron chi connectivity index (χ1n) is 14.7. The molecule has 2 N–H and O–H groups in total. The van der Waals surface area contributed by atoms with Crippen molar-refractivity contribution in [1.82, 2.24) is 10.2 Å². The van der Waals surface area contributed by atoms with E-state index in [1.165, 1.54) is 12.1 Å². The van der Waals surface area contributed by atoms with E-state index < -0.39 is 11.7 Å². The summed E-state index contributed by atoms with van der Waals surface area (Å²) in [6, 6.07) is 17.9. The van der Waals surface area contributed by atoms with E-state index in [0.717, 1.165) is 81.2 Å². The van der Waals surface area contributed by atoms with Crippen LogP contribution < -0.4 is 20.1 Å². The molecule has 6 nitrogen and oxygen atoms in total. The highest BCUT2D eigenvalue weighted by molar-refractivity contribution is 6.01. The number of alkyl halides is 3. The van der Waals surface area contributed by atoms with Crippen LogP contribution in [0.3, 0.4) is 0 Å². The van der Waals surface area contributed by atoms with Gasteiger partial charge in [0.15, 0.2) is 0 Å². The van der Waals surface area contributed by atoms with Crippen molar-refractivity contribution in [3.63, 3.8) is 0 Å². The summed E-state index contributed by atoms with van der Waals surface area (Å²) in [5, 5.41) is 6.64. The van der Waals surface area contributed by atoms with Crippen molar-refractivity contribution in [2.75, 3.05) is 44.7 Å². The minimum absolute atomic E-state index is 0.0585. The number of nitrogens with one attached hydrogen (secondary N) is 2. The Kier molecular flexibility index (Phi) is 11.1. The quantitative estimate of drug-likeness (QED) is 0.208. The van der Waals surface area contributed by atoms with E-state index in [4.69, 9.17) is 9.47 Å². The van der Waals surface area contributed by atoms with Gasteiger partial charge >= 0.3 is 6.18 Å². The van der Waals surface area contributed by atoms with Crippen LogP contribution in [0.4, 0.5) is 18.9 Å². The van der Waals surface area contributed by atoms with E-state index >= 15 is 0 Å². The fourth-order valence-corrected chi connectivity index (χ4v) is 5.25. The summed E-state index contributed by atoms with van der Waals surface area (Å²) >= 11 is 0. The number of benzene rings is 3. The van der Waals surface area contributed by atoms with E-state index in [2.05, 4.69) is 15.5 Å². The zero-order valence-corrected chi connectivity index (χ0v) is 24.3. The average Bonchev–Trinajstić information content (AvgIpc) is 2.99. The number of halogens is 3. The van der Waals surface area contributed by atoms with Crippen LogP contribution in [0.5, 0.6) is 11.5 Å². The molecule has 0 radical (unpaired) electrons. The Morgan fingerprint density at radius 3 is 2.14 bits per heavy atom. The molecule has 226 valence electrons. The molecule has 1 amide bonds. The molecule has 0 aliphatic carbocycles. The van der Waals surface area contributed by atoms with E-state index in [9.17, 15) is 18.0 Å². The highest BCUT2D eigenvalue weighted by Gasteiger charge is 2.30. The molecule has 1 heterocycles. The number of para-hydroxylation sites is 1. The van der Waals surface area contributed by atoms with Gasteiger partial charge in [-0.3, -0.25) is 4.79 Å². The topological polar surface area (TPSA) is 62.8 Å². The molecule has 0 spiro atoms. The Labute approximate surface area is 246 Å². The molecule has 0 aromatic heterocycles. The lowest BCUT2D eigenvalue weighted by molar-refractivity contribution is -0.137. The Hall–Kier alpha value is -3.72. The number of unbranched alkanes of at least 4 members (excludes halogenated alkanes) is 1. The Bertz CT molecular complexity index is 1270. The van der Waals surface area contributed by atoms with E-state index in [1.807, 2.05) is 32.0 Å². The van der Waals surface area contributed by atoms with Crippen molar-refractivity contribution >= 4 is 11.6 Å². The normalized spacial score (nSPS) is 14.4. The van der Waals surface area contributed by atoms with Crippen LogP contribution in [0.15, 0.2) is 66.7 Å². The minimum Gasteiger partial charge on any atom is -0.492 e. The standard InChI is InChI=1S/C33H40F3N3O3/c1-3-41-29-12-9-13-30(42-4-2)31(29)37-20-7-8-21-39-22-18-26(19-23-39)38-32(40)28-11-6-5-10-27(28)24-14-16-25(17-15-24)33(34,35)36/h5-6,9-17,26,37H,3-4,7-8,18-23H2,1-2H3,(H,38,40). The van der Waals surface area contributed by atoms with Crippen LogP contribution in [0.1, 0.15) is 55.5 Å². The molecule has 3 aromatic rings. The predicted octanol–water partition coefficient (Wildman–Crippen LogP) is 7.26. The molecule has 0 saturated carbocycles. The van der Waals surface area contributed by atoms with Gasteiger partial charge in [-0.25, -0.2) is 0 Å². The molecule has 42 heavy (non-hydrogen) atoms. The van der Waals surface area contributed by atoms with Gasteiger partial charge in [0, 0.05) is 31.2 Å². The summed E-state index contributed by atoms with van der Waals surface area (Å²) in [7, 11) is 0. The van der Waals surface area contributed by atoms with Crippen molar-refractivity contribution in [1.29, 1.82) is 0 Å². The highest BCUT2D eigenvalue weighted by atomic mass is 19.4. The van der Waals surface area contributed by atoms with Crippen LogP contribution in [0.25, 0.3) is 11.1 Å². The number of rotatable bonds is 13. The van der Waals surface area contributed by atoms with Gasteiger partial charge in [0.05, 0.1) is 18.8 Å². The second kappa shape index (κ2) is 15.0. The Balaban J connectivity index is 1.22. The van der Waals surface area contributed by atoms with Crippen molar-refractivity contribution in [3.05, 3.63) is 77.9 Å². The number of hydrogen-bond acceptors (Lipinski definition) is 5. The van der Waals surface area contributed by atoms with E-state index in [0.29, 0.717) is 29.9 Å². The van der Waals surface area contributed by atoms with Crippen LogP contribution in [-0.2, 0) is 6.18 Å². The summed E-state index contributed by atoms with van der Waals surface area (Å²) in [4.78, 5) is 15.6. The largest absolute Gasteiger partial charge is 0.492 e. The maximum atomic E-state index is 13.2. The summed E-state index contributed by atoms with van der Waals surface area (Å²) in [5.41, 5.74) is 1.85. The van der Waals surface area contributed by atoms with Gasteiger partial charge < -0.3 is 25.0 Å². The third-order valence-electron chi connectivity index (χ3n) is 7.41. The molecule has 0 atom stereocenters. The molecule has 1 aliphatic heterocycles. The number of likely N-dealkylation sites (tertiary alicyclic amines) is 1. The van der Waals surface area contributed by atoms with Crippen LogP contribution in [0, 0.1) is 0 Å². The summed E-state index contributed by atoms with van der Waals surface area (Å²) in [5.74, 6) is 1.40. The number of anilines is 1. The van der Waals surface area contributed by atoms with Crippen molar-refractivity contribution in [2.45, 2.75) is 51.7 Å². The molecular weight excluding hydrogens is 543 g/mol. The first kappa shape index (κ1) is 31.2. The lowest BCUT2D eigenvalue weighted by Gasteiger charge is -2.32. The van der Waals surface area contributed by atoms with Crippen molar-refractivity contribution in [3.8, 4) is 22.6 Å². The molecule has 1 aliphatic rings. The van der Waals surface area contributed by atoms with Gasteiger partial charge in [0.25, 0.3) is 5.91 Å². The second-order valence-corrected chi connectivity index (χ2v) is 10.3. The number of hydrogen-bond donors (Lipinski definition) is 2. The molecule has 1 saturated heterocycles. The van der Waals surface area contributed by atoms with E-state index in [1.54, 1.807) is 24.3 Å². The number of ether oxygens (including phenoxy) is 2. The Morgan fingerprint density at radius 1 is 0.881 bits per heavy atom. The fraction of sp³-hybridized carbons (Fsp3) is 0.424. The predicted molar refractivity (Wildman–Crippen MR) is 160 cm³/mol. The van der Waals surface area contributed by atoms with Gasteiger partial charge in [-0.2, -0.15) is 13.2 Å². The summed E-state index contributed by atoms with van der Waals surface area (Å²) in [6.45, 7) is 8.72. The van der Waals surface area contributed by atoms with Gasteiger partial charge in [0.1, 0.15) is 17.2 Å². The van der Waals surface area contributed by atoms with Crippen molar-refractivity contribution in [2.24, 2.45) is 0 Å². The summed E-state index contributed by atoms with van der Waals surface area (Å²) < 4.78 is 50.5. The molecule has 3 aromatic carbocycles. The first-order valence-corrected chi connectivity index (χ1v) is 14.7. The zero-order valence-electron chi connectivity index (χ0n) is 24.3. The molecule has 4 rings (SSSR count). The average molecular weight is 584 g/mol. The lowest BCUT2D eigenvalue weighted by Crippen LogP contribution is -2.45. The first-order chi connectivity index (χ1) is 20.3. The number of carbonyl (C=O) groups excluding carboxylic acids is 1. The second-order valence-electron chi connectivity index (χ2n) is 10.3. The SMILES string of the molecule is CCOc1cccc(OCC)c1NCCCCN1CCC(NC(=O)c2ccccc2-c2ccc(C(F)(F)F)cc2)CC1. The van der Waals surface area contributed by atoms with Crippen LogP contribution in [0.2, 0.25) is 0 Å². The van der Waals surface area contributed by atoms with Crippen LogP contribution >= 0.6 is 0 Å². The smallest absolute Gasteiger partial charge is 0.416 e. The fourth-order valence-electron chi connectivity index (χ4n) is 5.25.